The number of anilines is 1. The van der Waals surface area contributed by atoms with E-state index < -0.39 is 20.6 Å². The van der Waals surface area contributed by atoms with Crippen molar-refractivity contribution in [2.45, 2.75) is 4.90 Å². The van der Waals surface area contributed by atoms with Gasteiger partial charge in [-0.15, -0.1) is 0 Å². The summed E-state index contributed by atoms with van der Waals surface area (Å²) in [5.74, 6) is -0.0448. The lowest BCUT2D eigenvalue weighted by molar-refractivity contribution is -0.386. The van der Waals surface area contributed by atoms with Crippen LogP contribution < -0.4 is 9.46 Å². The van der Waals surface area contributed by atoms with Crippen LogP contribution in [0.4, 0.5) is 11.4 Å². The normalized spacial score (nSPS) is 11.0. The zero-order valence-corrected chi connectivity index (χ0v) is 12.2. The van der Waals surface area contributed by atoms with Gasteiger partial charge < -0.3 is 9.84 Å². The molecule has 0 aromatic heterocycles. The SMILES string of the molecule is COc1ccc(S(=O)(=O)Nc2ccc(O)cc2)cc1[N+](=O)[O-]. The fourth-order valence-corrected chi connectivity index (χ4v) is 2.80. The van der Waals surface area contributed by atoms with E-state index >= 15 is 0 Å². The topological polar surface area (TPSA) is 119 Å². The molecule has 0 saturated heterocycles. The van der Waals surface area contributed by atoms with Gasteiger partial charge in [0.2, 0.25) is 0 Å². The lowest BCUT2D eigenvalue weighted by Gasteiger charge is -2.09. The molecular weight excluding hydrogens is 312 g/mol. The summed E-state index contributed by atoms with van der Waals surface area (Å²) >= 11 is 0. The second-order valence-corrected chi connectivity index (χ2v) is 5.93. The van der Waals surface area contributed by atoms with E-state index in [-0.39, 0.29) is 22.1 Å². The first-order valence-corrected chi connectivity index (χ1v) is 7.46. The van der Waals surface area contributed by atoms with Gasteiger partial charge in [0.05, 0.1) is 16.9 Å². The van der Waals surface area contributed by atoms with E-state index in [0.717, 1.165) is 6.07 Å². The van der Waals surface area contributed by atoms with Crippen LogP contribution in [0.2, 0.25) is 0 Å². The average molecular weight is 324 g/mol. The summed E-state index contributed by atoms with van der Waals surface area (Å²) in [6, 6.07) is 8.69. The van der Waals surface area contributed by atoms with Crippen LogP contribution in [0.25, 0.3) is 0 Å². The third-order valence-electron chi connectivity index (χ3n) is 2.78. The third-order valence-corrected chi connectivity index (χ3v) is 4.16. The number of benzene rings is 2. The van der Waals surface area contributed by atoms with Gasteiger partial charge in [-0.25, -0.2) is 8.42 Å². The van der Waals surface area contributed by atoms with Crippen molar-refractivity contribution in [3.63, 3.8) is 0 Å². The molecule has 116 valence electrons. The van der Waals surface area contributed by atoms with Crippen molar-refractivity contribution in [2.75, 3.05) is 11.8 Å². The van der Waals surface area contributed by atoms with Gasteiger partial charge in [0.15, 0.2) is 5.75 Å². The number of phenolic OH excluding ortho intramolecular Hbond substituents is 1. The predicted molar refractivity (Wildman–Crippen MR) is 78.6 cm³/mol. The fraction of sp³-hybridized carbons (Fsp3) is 0.0769. The summed E-state index contributed by atoms with van der Waals surface area (Å²) in [5, 5.41) is 20.1. The highest BCUT2D eigenvalue weighted by Gasteiger charge is 2.22. The molecule has 0 spiro atoms. The number of rotatable bonds is 5. The summed E-state index contributed by atoms with van der Waals surface area (Å²) in [5.41, 5.74) is -0.229. The van der Waals surface area contributed by atoms with Crippen LogP contribution in [-0.2, 0) is 10.0 Å². The average Bonchev–Trinajstić information content (AvgIpc) is 2.48. The van der Waals surface area contributed by atoms with Crippen molar-refractivity contribution in [3.8, 4) is 11.5 Å². The summed E-state index contributed by atoms with van der Waals surface area (Å²) in [6.07, 6.45) is 0. The maximum absolute atomic E-state index is 12.2. The van der Waals surface area contributed by atoms with E-state index in [2.05, 4.69) is 4.72 Å². The van der Waals surface area contributed by atoms with E-state index in [1.165, 1.54) is 43.5 Å². The Bertz CT molecular complexity index is 802. The van der Waals surface area contributed by atoms with Crippen molar-refractivity contribution in [1.29, 1.82) is 0 Å². The smallest absolute Gasteiger partial charge is 0.312 e. The number of aromatic hydroxyl groups is 1. The van der Waals surface area contributed by atoms with Gasteiger partial charge in [-0.1, -0.05) is 0 Å². The van der Waals surface area contributed by atoms with E-state index in [4.69, 9.17) is 9.84 Å². The molecule has 8 nitrogen and oxygen atoms in total. The molecule has 0 amide bonds. The minimum absolute atomic E-state index is 0.0111. The van der Waals surface area contributed by atoms with Crippen LogP contribution in [0.3, 0.4) is 0 Å². The number of nitrogens with one attached hydrogen (secondary N) is 1. The molecular formula is C13H12N2O6S. The Kier molecular flexibility index (Phi) is 4.18. The molecule has 0 radical (unpaired) electrons. The lowest BCUT2D eigenvalue weighted by Crippen LogP contribution is -2.13. The predicted octanol–water partition coefficient (Wildman–Crippen LogP) is 2.11. The number of nitro groups is 1. The minimum Gasteiger partial charge on any atom is -0.508 e. The Hall–Kier alpha value is -2.81. The van der Waals surface area contributed by atoms with Crippen molar-refractivity contribution in [3.05, 3.63) is 52.6 Å². The standard InChI is InChI=1S/C13H12N2O6S/c1-21-13-7-6-11(8-12(13)15(17)18)22(19,20)14-9-2-4-10(16)5-3-9/h2-8,14,16H,1H3. The van der Waals surface area contributed by atoms with Gasteiger partial charge in [-0.2, -0.15) is 0 Å². The number of sulfonamides is 1. The highest BCUT2D eigenvalue weighted by molar-refractivity contribution is 7.92. The molecule has 0 unspecified atom stereocenters. The van der Waals surface area contributed by atoms with Gasteiger partial charge >= 0.3 is 5.69 Å². The van der Waals surface area contributed by atoms with Crippen molar-refractivity contribution >= 4 is 21.4 Å². The largest absolute Gasteiger partial charge is 0.508 e. The summed E-state index contributed by atoms with van der Waals surface area (Å²) < 4.78 is 31.5. The first-order chi connectivity index (χ1) is 10.3. The maximum atomic E-state index is 12.2. The quantitative estimate of drug-likeness (QED) is 0.494. The van der Waals surface area contributed by atoms with Crippen molar-refractivity contribution in [1.82, 2.24) is 0 Å². The molecule has 9 heteroatoms. The Labute approximate surface area is 126 Å². The Morgan fingerprint density at radius 3 is 2.36 bits per heavy atom. The van der Waals surface area contributed by atoms with Crippen LogP contribution >= 0.6 is 0 Å². The molecule has 2 N–H and O–H groups in total. The summed E-state index contributed by atoms with van der Waals surface area (Å²) in [4.78, 5) is 9.94. The van der Waals surface area contributed by atoms with E-state index in [1.807, 2.05) is 0 Å². The molecule has 0 atom stereocenters. The van der Waals surface area contributed by atoms with E-state index in [1.54, 1.807) is 0 Å². The number of ether oxygens (including phenoxy) is 1. The molecule has 0 aliphatic carbocycles. The van der Waals surface area contributed by atoms with E-state index in [0.29, 0.717) is 0 Å². The summed E-state index contributed by atoms with van der Waals surface area (Å²) in [7, 11) is -2.74. The Morgan fingerprint density at radius 2 is 1.82 bits per heavy atom. The Morgan fingerprint density at radius 1 is 1.18 bits per heavy atom. The van der Waals surface area contributed by atoms with Crippen LogP contribution in [0, 0.1) is 10.1 Å². The molecule has 2 aromatic carbocycles. The Balaban J connectivity index is 2.39. The van der Waals surface area contributed by atoms with Crippen LogP contribution in [0.5, 0.6) is 11.5 Å². The molecule has 0 bridgehead atoms. The second-order valence-electron chi connectivity index (χ2n) is 4.24. The monoisotopic (exact) mass is 324 g/mol. The summed E-state index contributed by atoms with van der Waals surface area (Å²) in [6.45, 7) is 0. The van der Waals surface area contributed by atoms with Gasteiger partial charge in [0, 0.05) is 11.8 Å². The zero-order valence-electron chi connectivity index (χ0n) is 11.4. The van der Waals surface area contributed by atoms with Gasteiger partial charge in [-0.05, 0) is 36.4 Å². The molecule has 0 fully saturated rings. The number of hydrogen-bond donors (Lipinski definition) is 2. The number of phenols is 1. The maximum Gasteiger partial charge on any atom is 0.312 e. The molecule has 2 aromatic rings. The highest BCUT2D eigenvalue weighted by atomic mass is 32.2. The van der Waals surface area contributed by atoms with E-state index in [9.17, 15) is 18.5 Å². The van der Waals surface area contributed by atoms with Crippen LogP contribution in [0.1, 0.15) is 0 Å². The van der Waals surface area contributed by atoms with Crippen molar-refractivity contribution in [2.24, 2.45) is 0 Å². The van der Waals surface area contributed by atoms with Crippen LogP contribution in [0.15, 0.2) is 47.4 Å². The molecule has 0 heterocycles. The number of methoxy groups -OCH3 is 1. The number of hydrogen-bond acceptors (Lipinski definition) is 6. The fourth-order valence-electron chi connectivity index (χ4n) is 1.72. The number of nitrogens with zero attached hydrogens (tertiary/aromatic N) is 1. The zero-order chi connectivity index (χ0) is 16.3. The minimum atomic E-state index is -4.00. The van der Waals surface area contributed by atoms with Crippen LogP contribution in [-0.4, -0.2) is 25.6 Å². The molecule has 0 saturated carbocycles. The first-order valence-electron chi connectivity index (χ1n) is 5.98. The highest BCUT2D eigenvalue weighted by Crippen LogP contribution is 2.30. The molecule has 2 rings (SSSR count). The van der Waals surface area contributed by atoms with Gasteiger partial charge in [0.25, 0.3) is 10.0 Å². The molecule has 22 heavy (non-hydrogen) atoms. The third kappa shape index (κ3) is 3.26. The van der Waals surface area contributed by atoms with Gasteiger partial charge in [0.1, 0.15) is 5.75 Å². The second kappa shape index (κ2) is 5.90. The van der Waals surface area contributed by atoms with Gasteiger partial charge in [-0.3, -0.25) is 14.8 Å². The molecule has 0 aliphatic heterocycles. The first kappa shape index (κ1) is 15.6. The lowest BCUT2D eigenvalue weighted by atomic mass is 10.3. The molecule has 0 aliphatic rings. The number of nitro benzene ring substituents is 1. The van der Waals surface area contributed by atoms with Crippen molar-refractivity contribution < 1.29 is 23.2 Å².